The Balaban J connectivity index is 1.55. The van der Waals surface area contributed by atoms with Gasteiger partial charge in [-0.25, -0.2) is 9.97 Å². The average Bonchev–Trinajstić information content (AvgIpc) is 2.92. The second-order valence-electron chi connectivity index (χ2n) is 4.97. The van der Waals surface area contributed by atoms with Crippen LogP contribution in [0.15, 0.2) is 33.7 Å². The molecular weight excluding hydrogens is 336 g/mol. The SMILES string of the molecule is Brc1cc(CNC2CCCN(c3ncccn3)C2)cs1. The van der Waals surface area contributed by atoms with Crippen molar-refractivity contribution in [3.8, 4) is 0 Å². The van der Waals surface area contributed by atoms with E-state index in [1.54, 1.807) is 11.3 Å². The zero-order chi connectivity index (χ0) is 13.8. The molecule has 0 bridgehead atoms. The summed E-state index contributed by atoms with van der Waals surface area (Å²) < 4.78 is 1.19. The molecule has 1 fully saturated rings. The van der Waals surface area contributed by atoms with Crippen LogP contribution in [0.1, 0.15) is 18.4 Å². The van der Waals surface area contributed by atoms with Crippen LogP contribution in [0.4, 0.5) is 5.95 Å². The first-order valence-electron chi connectivity index (χ1n) is 6.79. The molecule has 0 aromatic carbocycles. The van der Waals surface area contributed by atoms with Gasteiger partial charge in [0, 0.05) is 38.1 Å². The minimum Gasteiger partial charge on any atom is -0.339 e. The molecule has 0 spiro atoms. The third-order valence-corrected chi connectivity index (χ3v) is 5.03. The van der Waals surface area contributed by atoms with Crippen molar-refractivity contribution in [2.45, 2.75) is 25.4 Å². The fourth-order valence-electron chi connectivity index (χ4n) is 2.48. The Labute approximate surface area is 131 Å². The number of hydrogen-bond acceptors (Lipinski definition) is 5. The number of aromatic nitrogens is 2. The quantitative estimate of drug-likeness (QED) is 0.917. The second-order valence-corrected chi connectivity index (χ2v) is 7.26. The molecule has 1 N–H and O–H groups in total. The molecule has 2 aromatic heterocycles. The van der Waals surface area contributed by atoms with Crippen molar-refractivity contribution >= 4 is 33.2 Å². The van der Waals surface area contributed by atoms with Gasteiger partial charge in [0.15, 0.2) is 0 Å². The van der Waals surface area contributed by atoms with E-state index >= 15 is 0 Å². The zero-order valence-corrected chi connectivity index (χ0v) is 13.5. The molecule has 20 heavy (non-hydrogen) atoms. The van der Waals surface area contributed by atoms with Crippen LogP contribution in [0.5, 0.6) is 0 Å². The van der Waals surface area contributed by atoms with Gasteiger partial charge in [0.05, 0.1) is 3.79 Å². The normalized spacial score (nSPS) is 19.2. The molecule has 1 unspecified atom stereocenters. The van der Waals surface area contributed by atoms with Gasteiger partial charge in [0.2, 0.25) is 5.95 Å². The molecule has 106 valence electrons. The predicted octanol–water partition coefficient (Wildman–Crippen LogP) is 3.06. The predicted molar refractivity (Wildman–Crippen MR) is 86.1 cm³/mol. The number of thiophene rings is 1. The topological polar surface area (TPSA) is 41.0 Å². The van der Waals surface area contributed by atoms with Crippen LogP contribution in [0.3, 0.4) is 0 Å². The van der Waals surface area contributed by atoms with Gasteiger partial charge in [0.25, 0.3) is 0 Å². The van der Waals surface area contributed by atoms with E-state index in [-0.39, 0.29) is 0 Å². The zero-order valence-electron chi connectivity index (χ0n) is 11.1. The summed E-state index contributed by atoms with van der Waals surface area (Å²) in [6.45, 7) is 2.96. The van der Waals surface area contributed by atoms with E-state index in [2.05, 4.69) is 47.6 Å². The monoisotopic (exact) mass is 352 g/mol. The summed E-state index contributed by atoms with van der Waals surface area (Å²) in [5, 5.41) is 5.83. The van der Waals surface area contributed by atoms with Gasteiger partial charge in [-0.15, -0.1) is 11.3 Å². The minimum absolute atomic E-state index is 0.506. The summed E-state index contributed by atoms with van der Waals surface area (Å²) in [4.78, 5) is 11.0. The van der Waals surface area contributed by atoms with Gasteiger partial charge < -0.3 is 10.2 Å². The summed E-state index contributed by atoms with van der Waals surface area (Å²) in [7, 11) is 0. The molecule has 1 aliphatic heterocycles. The number of nitrogens with one attached hydrogen (secondary N) is 1. The summed E-state index contributed by atoms with van der Waals surface area (Å²) >= 11 is 5.24. The second kappa shape index (κ2) is 6.65. The lowest BCUT2D eigenvalue weighted by Crippen LogP contribution is -2.46. The molecule has 2 aromatic rings. The van der Waals surface area contributed by atoms with Gasteiger partial charge in [-0.05, 0) is 51.8 Å². The molecule has 0 saturated carbocycles. The van der Waals surface area contributed by atoms with Crippen LogP contribution >= 0.6 is 27.3 Å². The Morgan fingerprint density at radius 1 is 1.40 bits per heavy atom. The summed E-state index contributed by atoms with van der Waals surface area (Å²) in [6.07, 6.45) is 6.02. The van der Waals surface area contributed by atoms with Crippen LogP contribution in [-0.4, -0.2) is 29.1 Å². The maximum atomic E-state index is 4.34. The lowest BCUT2D eigenvalue weighted by molar-refractivity contribution is 0.418. The standard InChI is InChI=1S/C14H17BrN4S/c15-13-7-11(10-20-13)8-18-12-3-1-6-19(9-12)14-16-4-2-5-17-14/h2,4-5,7,10,12,18H,1,3,6,8-9H2. The highest BCUT2D eigenvalue weighted by molar-refractivity contribution is 9.11. The lowest BCUT2D eigenvalue weighted by atomic mass is 10.1. The molecule has 1 saturated heterocycles. The van der Waals surface area contributed by atoms with E-state index in [0.717, 1.165) is 25.6 Å². The van der Waals surface area contributed by atoms with Crippen molar-refractivity contribution in [3.63, 3.8) is 0 Å². The Hall–Kier alpha value is -0.980. The fourth-order valence-corrected chi connectivity index (χ4v) is 3.69. The first-order chi connectivity index (χ1) is 9.81. The van der Waals surface area contributed by atoms with Crippen LogP contribution in [0, 0.1) is 0 Å². The first kappa shape index (κ1) is 14.0. The Morgan fingerprint density at radius 3 is 3.00 bits per heavy atom. The molecule has 0 radical (unpaired) electrons. The highest BCUT2D eigenvalue weighted by atomic mass is 79.9. The number of nitrogens with zero attached hydrogens (tertiary/aromatic N) is 3. The maximum Gasteiger partial charge on any atom is 0.225 e. The largest absolute Gasteiger partial charge is 0.339 e. The number of piperidine rings is 1. The maximum absolute atomic E-state index is 4.34. The number of hydrogen-bond donors (Lipinski definition) is 1. The fraction of sp³-hybridized carbons (Fsp3) is 0.429. The highest BCUT2D eigenvalue weighted by Gasteiger charge is 2.21. The molecular formula is C14H17BrN4S. The van der Waals surface area contributed by atoms with Crippen LogP contribution < -0.4 is 10.2 Å². The molecule has 1 aliphatic rings. The van der Waals surface area contributed by atoms with Gasteiger partial charge >= 0.3 is 0 Å². The molecule has 0 amide bonds. The summed E-state index contributed by atoms with van der Waals surface area (Å²) in [6, 6.07) is 4.54. The number of anilines is 1. The van der Waals surface area contributed by atoms with Gasteiger partial charge in [-0.1, -0.05) is 0 Å². The third-order valence-electron chi connectivity index (χ3n) is 3.47. The summed E-state index contributed by atoms with van der Waals surface area (Å²) in [5.74, 6) is 0.845. The smallest absolute Gasteiger partial charge is 0.225 e. The highest BCUT2D eigenvalue weighted by Crippen LogP contribution is 2.21. The van der Waals surface area contributed by atoms with Gasteiger partial charge in [0.1, 0.15) is 0 Å². The number of halogens is 1. The van der Waals surface area contributed by atoms with E-state index < -0.39 is 0 Å². The van der Waals surface area contributed by atoms with Crippen molar-refractivity contribution < 1.29 is 0 Å². The molecule has 3 rings (SSSR count). The summed E-state index contributed by atoms with van der Waals surface area (Å²) in [5.41, 5.74) is 1.34. The first-order valence-corrected chi connectivity index (χ1v) is 8.47. The van der Waals surface area contributed by atoms with E-state index in [1.165, 1.54) is 22.2 Å². The molecule has 6 heteroatoms. The van der Waals surface area contributed by atoms with E-state index in [9.17, 15) is 0 Å². The third kappa shape index (κ3) is 3.56. The van der Waals surface area contributed by atoms with E-state index in [1.807, 2.05) is 18.5 Å². The van der Waals surface area contributed by atoms with E-state index in [0.29, 0.717) is 6.04 Å². The Bertz CT molecular complexity index is 545. The van der Waals surface area contributed by atoms with Gasteiger partial charge in [-0.3, -0.25) is 0 Å². The van der Waals surface area contributed by atoms with Gasteiger partial charge in [-0.2, -0.15) is 0 Å². The van der Waals surface area contributed by atoms with Crippen molar-refractivity contribution in [2.24, 2.45) is 0 Å². The Kier molecular flexibility index (Phi) is 4.65. The molecule has 3 heterocycles. The van der Waals surface area contributed by atoms with E-state index in [4.69, 9.17) is 0 Å². The van der Waals surface area contributed by atoms with Crippen LogP contribution in [0.25, 0.3) is 0 Å². The molecule has 0 aliphatic carbocycles. The van der Waals surface area contributed by atoms with Crippen molar-refractivity contribution in [2.75, 3.05) is 18.0 Å². The molecule has 4 nitrogen and oxygen atoms in total. The lowest BCUT2D eigenvalue weighted by Gasteiger charge is -2.33. The van der Waals surface area contributed by atoms with Crippen molar-refractivity contribution in [3.05, 3.63) is 39.3 Å². The molecule has 1 atom stereocenters. The van der Waals surface area contributed by atoms with Crippen molar-refractivity contribution in [1.82, 2.24) is 15.3 Å². The average molecular weight is 353 g/mol. The van der Waals surface area contributed by atoms with Crippen molar-refractivity contribution in [1.29, 1.82) is 0 Å². The number of rotatable bonds is 4. The van der Waals surface area contributed by atoms with Crippen LogP contribution in [0.2, 0.25) is 0 Å². The Morgan fingerprint density at radius 2 is 2.25 bits per heavy atom. The minimum atomic E-state index is 0.506. The van der Waals surface area contributed by atoms with Crippen LogP contribution in [-0.2, 0) is 6.54 Å².